The molecule has 1 saturated carbocycles. The molecule has 148 valence electrons. The second kappa shape index (κ2) is 9.54. The average Bonchev–Trinajstić information content (AvgIpc) is 3.30. The summed E-state index contributed by atoms with van der Waals surface area (Å²) < 4.78 is 1.91. The van der Waals surface area contributed by atoms with E-state index in [0.29, 0.717) is 11.7 Å². The number of rotatable bonds is 7. The summed E-state index contributed by atoms with van der Waals surface area (Å²) in [6.45, 7) is 6.35. The number of carbonyl (C=O) groups excluding carboxylic acids is 2. The number of benzene rings is 1. The number of amides is 3. The van der Waals surface area contributed by atoms with Crippen molar-refractivity contribution in [3.05, 3.63) is 42.5 Å². The topological polar surface area (TPSA) is 88.9 Å². The highest BCUT2D eigenvalue weighted by Gasteiger charge is 2.19. The van der Waals surface area contributed by atoms with Crippen LogP contribution in [0.25, 0.3) is 11.4 Å². The average molecular weight is 400 g/mol. The van der Waals surface area contributed by atoms with Gasteiger partial charge in [0.15, 0.2) is 11.0 Å². The van der Waals surface area contributed by atoms with Gasteiger partial charge in [-0.15, -0.1) is 16.8 Å². The molecule has 28 heavy (non-hydrogen) atoms. The van der Waals surface area contributed by atoms with Gasteiger partial charge in [-0.1, -0.05) is 54.4 Å². The molecule has 1 heterocycles. The summed E-state index contributed by atoms with van der Waals surface area (Å²) in [5.74, 6) is 0.456. The van der Waals surface area contributed by atoms with Gasteiger partial charge in [0.2, 0.25) is 5.91 Å². The van der Waals surface area contributed by atoms with Crippen molar-refractivity contribution in [2.75, 3.05) is 5.75 Å². The van der Waals surface area contributed by atoms with Crippen LogP contribution in [-0.4, -0.2) is 38.5 Å². The Morgan fingerprint density at radius 3 is 2.82 bits per heavy atom. The molecule has 3 amide bonds. The van der Waals surface area contributed by atoms with Gasteiger partial charge in [0.25, 0.3) is 0 Å². The van der Waals surface area contributed by atoms with E-state index in [4.69, 9.17) is 0 Å². The van der Waals surface area contributed by atoms with E-state index in [0.717, 1.165) is 42.6 Å². The van der Waals surface area contributed by atoms with Gasteiger partial charge in [-0.3, -0.25) is 14.7 Å². The van der Waals surface area contributed by atoms with Gasteiger partial charge in [-0.2, -0.15) is 0 Å². The van der Waals surface area contributed by atoms with Crippen molar-refractivity contribution in [2.45, 2.75) is 50.4 Å². The molecule has 3 rings (SSSR count). The summed E-state index contributed by atoms with van der Waals surface area (Å²) in [4.78, 5) is 24.0. The maximum Gasteiger partial charge on any atom is 0.321 e. The summed E-state index contributed by atoms with van der Waals surface area (Å²) >= 11 is 1.25. The van der Waals surface area contributed by atoms with Gasteiger partial charge in [-0.25, -0.2) is 4.79 Å². The van der Waals surface area contributed by atoms with Crippen molar-refractivity contribution in [1.82, 2.24) is 25.4 Å². The normalized spacial score (nSPS) is 14.0. The zero-order chi connectivity index (χ0) is 19.9. The Kier molecular flexibility index (Phi) is 6.86. The third-order valence-electron chi connectivity index (χ3n) is 4.58. The van der Waals surface area contributed by atoms with E-state index in [1.807, 2.05) is 35.8 Å². The molecule has 7 nitrogen and oxygen atoms in total. The number of allylic oxidation sites excluding steroid dienone is 1. The van der Waals surface area contributed by atoms with Crippen molar-refractivity contribution < 1.29 is 9.59 Å². The first-order chi connectivity index (χ1) is 13.6. The van der Waals surface area contributed by atoms with Crippen molar-refractivity contribution >= 4 is 23.7 Å². The summed E-state index contributed by atoms with van der Waals surface area (Å²) in [5.41, 5.74) is 2.09. The summed E-state index contributed by atoms with van der Waals surface area (Å²) in [6, 6.07) is 7.76. The van der Waals surface area contributed by atoms with Crippen LogP contribution >= 0.6 is 11.8 Å². The molecule has 0 radical (unpaired) electrons. The zero-order valence-electron chi connectivity index (χ0n) is 16.0. The maximum atomic E-state index is 12.1. The number of urea groups is 1. The van der Waals surface area contributed by atoms with Gasteiger partial charge in [0.05, 0.1) is 5.75 Å². The molecule has 1 aromatic heterocycles. The fourth-order valence-corrected chi connectivity index (χ4v) is 4.02. The van der Waals surface area contributed by atoms with E-state index in [9.17, 15) is 9.59 Å². The summed E-state index contributed by atoms with van der Waals surface area (Å²) in [5, 5.41) is 14.4. The van der Waals surface area contributed by atoms with Crippen LogP contribution in [-0.2, 0) is 11.3 Å². The quantitative estimate of drug-likeness (QED) is 0.551. The fraction of sp³-hybridized carbons (Fsp3) is 0.400. The molecule has 0 bridgehead atoms. The minimum atomic E-state index is -0.425. The first-order valence-electron chi connectivity index (χ1n) is 9.41. The van der Waals surface area contributed by atoms with E-state index in [-0.39, 0.29) is 17.7 Å². The monoisotopic (exact) mass is 399 g/mol. The fourth-order valence-electron chi connectivity index (χ4n) is 3.27. The number of hydrogen-bond donors (Lipinski definition) is 2. The number of thioether (sulfide) groups is 1. The summed E-state index contributed by atoms with van der Waals surface area (Å²) in [7, 11) is 0. The largest absolute Gasteiger partial charge is 0.335 e. The van der Waals surface area contributed by atoms with Crippen LogP contribution in [0, 0.1) is 6.92 Å². The highest BCUT2D eigenvalue weighted by molar-refractivity contribution is 7.99. The molecule has 0 spiro atoms. The summed E-state index contributed by atoms with van der Waals surface area (Å²) in [6.07, 6.45) is 5.96. The molecular weight excluding hydrogens is 374 g/mol. The molecule has 1 aliphatic carbocycles. The molecule has 2 N–H and O–H groups in total. The predicted molar refractivity (Wildman–Crippen MR) is 110 cm³/mol. The van der Waals surface area contributed by atoms with Crippen LogP contribution in [0.15, 0.2) is 42.1 Å². The molecule has 0 unspecified atom stereocenters. The lowest BCUT2D eigenvalue weighted by molar-refractivity contribution is -0.117. The third kappa shape index (κ3) is 5.22. The number of nitrogens with one attached hydrogen (secondary N) is 2. The van der Waals surface area contributed by atoms with Crippen LogP contribution in [0.3, 0.4) is 0 Å². The van der Waals surface area contributed by atoms with Gasteiger partial charge < -0.3 is 5.32 Å². The van der Waals surface area contributed by atoms with Crippen molar-refractivity contribution in [1.29, 1.82) is 0 Å². The smallest absolute Gasteiger partial charge is 0.321 e. The van der Waals surface area contributed by atoms with Crippen LogP contribution in [0.5, 0.6) is 0 Å². The number of carbonyl (C=O) groups is 2. The van der Waals surface area contributed by atoms with Crippen molar-refractivity contribution in [2.24, 2.45) is 0 Å². The highest BCUT2D eigenvalue weighted by atomic mass is 32.2. The number of hydrogen-bond acceptors (Lipinski definition) is 5. The van der Waals surface area contributed by atoms with Gasteiger partial charge in [-0.05, 0) is 25.8 Å². The predicted octanol–water partition coefficient (Wildman–Crippen LogP) is 3.30. The van der Waals surface area contributed by atoms with Crippen LogP contribution in [0.4, 0.5) is 4.79 Å². The zero-order valence-corrected chi connectivity index (χ0v) is 16.8. The van der Waals surface area contributed by atoms with Crippen LogP contribution in [0.2, 0.25) is 0 Å². The van der Waals surface area contributed by atoms with E-state index in [2.05, 4.69) is 27.4 Å². The Balaban J connectivity index is 1.61. The third-order valence-corrected chi connectivity index (χ3v) is 5.55. The number of aromatic nitrogens is 3. The Morgan fingerprint density at radius 2 is 2.11 bits per heavy atom. The number of imide groups is 1. The van der Waals surface area contributed by atoms with Gasteiger partial charge >= 0.3 is 6.03 Å². The minimum absolute atomic E-state index is 0.0845. The van der Waals surface area contributed by atoms with E-state index in [1.165, 1.54) is 11.8 Å². The van der Waals surface area contributed by atoms with Crippen LogP contribution < -0.4 is 10.6 Å². The second-order valence-electron chi connectivity index (χ2n) is 6.87. The van der Waals surface area contributed by atoms with E-state index < -0.39 is 6.03 Å². The molecule has 0 aliphatic heterocycles. The Hall–Kier alpha value is -2.61. The minimum Gasteiger partial charge on any atom is -0.335 e. The van der Waals surface area contributed by atoms with E-state index in [1.54, 1.807) is 6.08 Å². The lowest BCUT2D eigenvalue weighted by atomic mass is 10.1. The molecule has 1 aromatic carbocycles. The van der Waals surface area contributed by atoms with E-state index >= 15 is 0 Å². The maximum absolute atomic E-state index is 12.1. The van der Waals surface area contributed by atoms with Crippen molar-refractivity contribution in [3.63, 3.8) is 0 Å². The number of aryl methyl sites for hydroxylation is 1. The van der Waals surface area contributed by atoms with Gasteiger partial charge in [0.1, 0.15) is 0 Å². The molecule has 1 aliphatic rings. The number of nitrogens with zero attached hydrogens (tertiary/aromatic N) is 3. The molecule has 8 heteroatoms. The molecule has 2 aromatic rings. The molecule has 0 saturated heterocycles. The lowest BCUT2D eigenvalue weighted by Crippen LogP contribution is -2.44. The second-order valence-corrected chi connectivity index (χ2v) is 7.81. The Labute approximate surface area is 169 Å². The Morgan fingerprint density at radius 1 is 1.32 bits per heavy atom. The molecular formula is C20H25N5O2S. The molecule has 1 fully saturated rings. The van der Waals surface area contributed by atoms with Crippen molar-refractivity contribution in [3.8, 4) is 11.4 Å². The Bertz CT molecular complexity index is 858. The van der Waals surface area contributed by atoms with Crippen LogP contribution in [0.1, 0.15) is 31.2 Å². The SMILES string of the molecule is C=CCn1c(SCC(=O)NC(=O)NC2CCCC2)nnc1-c1cccc(C)c1. The standard InChI is InChI=1S/C20H25N5O2S/c1-3-11-25-18(15-8-6-7-14(2)12-15)23-24-20(25)28-13-17(26)22-19(27)21-16-9-4-5-10-16/h3,6-8,12,16H,1,4-5,9-11,13H2,2H3,(H2,21,22,26,27). The first kappa shape index (κ1) is 20.1. The first-order valence-corrected chi connectivity index (χ1v) is 10.4. The molecule has 0 atom stereocenters. The highest BCUT2D eigenvalue weighted by Crippen LogP contribution is 2.24. The van der Waals surface area contributed by atoms with Gasteiger partial charge in [0, 0.05) is 18.2 Å². The lowest BCUT2D eigenvalue weighted by Gasteiger charge is -2.12.